The number of benzene rings is 1. The molecule has 0 fully saturated rings. The maximum Gasteiger partial charge on any atom is 0.416 e. The molecule has 0 saturated heterocycles. The van der Waals surface area contributed by atoms with Crippen molar-refractivity contribution < 1.29 is 18.2 Å². The first-order valence-electron chi connectivity index (χ1n) is 3.72. The first-order chi connectivity index (χ1) is 5.93. The molecule has 0 amide bonds. The molecule has 0 spiro atoms. The van der Waals surface area contributed by atoms with Crippen molar-refractivity contribution in [2.24, 2.45) is 0 Å². The molecular weight excluding hydrogens is 180 g/mol. The zero-order valence-corrected chi connectivity index (χ0v) is 7.02. The zero-order chi connectivity index (χ0) is 10.1. The van der Waals surface area contributed by atoms with E-state index >= 15 is 0 Å². The minimum atomic E-state index is -4.34. The lowest BCUT2D eigenvalue weighted by Crippen LogP contribution is -2.17. The van der Waals surface area contributed by atoms with E-state index in [9.17, 15) is 13.2 Å². The smallest absolute Gasteiger partial charge is 0.416 e. The lowest BCUT2D eigenvalue weighted by molar-refractivity contribution is -0.137. The molecule has 0 aliphatic heterocycles. The van der Waals surface area contributed by atoms with Crippen molar-refractivity contribution in [1.82, 2.24) is 0 Å². The molecule has 0 atom stereocenters. The van der Waals surface area contributed by atoms with Crippen LogP contribution < -0.4 is 5.46 Å². The van der Waals surface area contributed by atoms with Crippen molar-refractivity contribution in [3.05, 3.63) is 29.3 Å². The van der Waals surface area contributed by atoms with Gasteiger partial charge < -0.3 is 5.02 Å². The van der Waals surface area contributed by atoms with Gasteiger partial charge in [0, 0.05) is 0 Å². The average molecular weight is 188 g/mol. The van der Waals surface area contributed by atoms with Crippen molar-refractivity contribution in [2.45, 2.75) is 13.1 Å². The van der Waals surface area contributed by atoms with E-state index in [0.29, 0.717) is 5.56 Å². The summed E-state index contributed by atoms with van der Waals surface area (Å²) in [6, 6.07) is 3.53. The van der Waals surface area contributed by atoms with Crippen molar-refractivity contribution in [3.63, 3.8) is 0 Å². The van der Waals surface area contributed by atoms with E-state index in [-0.39, 0.29) is 12.9 Å². The predicted molar refractivity (Wildman–Crippen MR) is 45.2 cm³/mol. The van der Waals surface area contributed by atoms with Gasteiger partial charge in [0.1, 0.15) is 0 Å². The summed E-state index contributed by atoms with van der Waals surface area (Å²) in [7, 11) is -0.370. The second-order valence-electron chi connectivity index (χ2n) is 2.86. The van der Waals surface area contributed by atoms with Crippen LogP contribution in [-0.4, -0.2) is 12.5 Å². The Balaban J connectivity index is 3.16. The van der Waals surface area contributed by atoms with Crippen molar-refractivity contribution in [2.75, 3.05) is 0 Å². The van der Waals surface area contributed by atoms with Crippen LogP contribution in [0.3, 0.4) is 0 Å². The number of aryl methyl sites for hydroxylation is 1. The summed E-state index contributed by atoms with van der Waals surface area (Å²) in [5, 5.41) is 8.68. The van der Waals surface area contributed by atoms with Gasteiger partial charge in [-0.3, -0.25) is 0 Å². The Morgan fingerprint density at radius 3 is 2.31 bits per heavy atom. The Labute approximate surface area is 74.5 Å². The zero-order valence-electron chi connectivity index (χ0n) is 7.02. The fourth-order valence-corrected chi connectivity index (χ4v) is 1.12. The highest BCUT2D eigenvalue weighted by Crippen LogP contribution is 2.28. The molecular formula is C8H8BF3O. The van der Waals surface area contributed by atoms with Gasteiger partial charge in [0.15, 0.2) is 0 Å². The van der Waals surface area contributed by atoms with Crippen LogP contribution in [-0.2, 0) is 6.18 Å². The maximum atomic E-state index is 12.2. The Morgan fingerprint density at radius 1 is 1.23 bits per heavy atom. The lowest BCUT2D eigenvalue weighted by Gasteiger charge is -2.08. The highest BCUT2D eigenvalue weighted by molar-refractivity contribution is 6.45. The predicted octanol–water partition coefficient (Wildman–Crippen LogP) is 0.983. The molecule has 0 bridgehead atoms. The third-order valence-corrected chi connectivity index (χ3v) is 1.65. The Bertz CT molecular complexity index is 309. The standard InChI is InChI=1S/C8H8BF3O/c1-5-2-6(8(10,11)12)4-7(3-5)9-13/h2-4,9,13H,1H3. The third kappa shape index (κ3) is 2.49. The van der Waals surface area contributed by atoms with Crippen LogP contribution in [0.4, 0.5) is 13.2 Å². The molecule has 1 N–H and O–H groups in total. The van der Waals surface area contributed by atoms with E-state index < -0.39 is 11.7 Å². The molecule has 1 rings (SSSR count). The highest BCUT2D eigenvalue weighted by atomic mass is 19.4. The SMILES string of the molecule is Cc1cc(BO)cc(C(F)(F)F)c1. The summed E-state index contributed by atoms with van der Waals surface area (Å²) in [5.74, 6) is 0. The number of hydrogen-bond donors (Lipinski definition) is 1. The van der Waals surface area contributed by atoms with Crippen molar-refractivity contribution in [3.8, 4) is 0 Å². The van der Waals surface area contributed by atoms with Gasteiger partial charge in [-0.05, 0) is 13.0 Å². The fraction of sp³-hybridized carbons (Fsp3) is 0.250. The largest absolute Gasteiger partial charge is 0.449 e. The molecule has 5 heteroatoms. The summed E-state index contributed by atoms with van der Waals surface area (Å²) in [4.78, 5) is 0. The molecule has 0 aliphatic carbocycles. The summed E-state index contributed by atoms with van der Waals surface area (Å²) in [6.07, 6.45) is -4.34. The Kier molecular flexibility index (Phi) is 2.66. The molecule has 1 aromatic rings. The molecule has 1 nitrogen and oxygen atoms in total. The summed E-state index contributed by atoms with van der Waals surface area (Å²) in [5.41, 5.74) is 0.0720. The van der Waals surface area contributed by atoms with Gasteiger partial charge in [0.2, 0.25) is 0 Å². The first-order valence-corrected chi connectivity index (χ1v) is 3.72. The van der Waals surface area contributed by atoms with E-state index in [2.05, 4.69) is 0 Å². The Morgan fingerprint density at radius 2 is 1.85 bits per heavy atom. The minimum Gasteiger partial charge on any atom is -0.449 e. The van der Waals surface area contributed by atoms with E-state index in [0.717, 1.165) is 12.1 Å². The van der Waals surface area contributed by atoms with Gasteiger partial charge in [-0.1, -0.05) is 23.2 Å². The summed E-state index contributed by atoms with van der Waals surface area (Å²) >= 11 is 0. The summed E-state index contributed by atoms with van der Waals surface area (Å²) in [6.45, 7) is 1.56. The van der Waals surface area contributed by atoms with Gasteiger partial charge >= 0.3 is 13.7 Å². The second-order valence-corrected chi connectivity index (χ2v) is 2.86. The van der Waals surface area contributed by atoms with E-state index in [1.54, 1.807) is 6.92 Å². The van der Waals surface area contributed by atoms with Crippen LogP contribution in [0.5, 0.6) is 0 Å². The molecule has 1 aromatic carbocycles. The van der Waals surface area contributed by atoms with Crippen LogP contribution in [0.2, 0.25) is 0 Å². The molecule has 0 saturated carbocycles. The fourth-order valence-electron chi connectivity index (χ4n) is 1.12. The molecule has 0 aliphatic rings. The van der Waals surface area contributed by atoms with Gasteiger partial charge in [0.25, 0.3) is 0 Å². The van der Waals surface area contributed by atoms with Crippen LogP contribution in [0.15, 0.2) is 18.2 Å². The summed E-state index contributed by atoms with van der Waals surface area (Å²) < 4.78 is 36.6. The minimum absolute atomic E-state index is 0.285. The number of halogens is 3. The quantitative estimate of drug-likeness (QED) is 0.651. The average Bonchev–Trinajstić information content (AvgIpc) is 2.01. The van der Waals surface area contributed by atoms with E-state index in [1.807, 2.05) is 0 Å². The monoisotopic (exact) mass is 188 g/mol. The van der Waals surface area contributed by atoms with E-state index in [4.69, 9.17) is 5.02 Å². The van der Waals surface area contributed by atoms with Gasteiger partial charge in [0.05, 0.1) is 5.56 Å². The van der Waals surface area contributed by atoms with Crippen LogP contribution in [0.1, 0.15) is 11.1 Å². The number of rotatable bonds is 1. The van der Waals surface area contributed by atoms with Crippen LogP contribution in [0, 0.1) is 6.92 Å². The Hall–Kier alpha value is -0.965. The van der Waals surface area contributed by atoms with Gasteiger partial charge in [-0.2, -0.15) is 13.2 Å². The van der Waals surface area contributed by atoms with Gasteiger partial charge in [-0.25, -0.2) is 0 Å². The second kappa shape index (κ2) is 3.42. The maximum absolute atomic E-state index is 12.2. The normalized spacial score (nSPS) is 11.5. The van der Waals surface area contributed by atoms with Crippen LogP contribution >= 0.6 is 0 Å². The van der Waals surface area contributed by atoms with Crippen molar-refractivity contribution in [1.29, 1.82) is 0 Å². The third-order valence-electron chi connectivity index (χ3n) is 1.65. The molecule has 70 valence electrons. The number of hydrogen-bond acceptors (Lipinski definition) is 1. The topological polar surface area (TPSA) is 20.2 Å². The lowest BCUT2D eigenvalue weighted by atomic mass is 9.86. The van der Waals surface area contributed by atoms with E-state index in [1.165, 1.54) is 6.07 Å². The molecule has 0 radical (unpaired) electrons. The molecule has 0 unspecified atom stereocenters. The van der Waals surface area contributed by atoms with Gasteiger partial charge in [-0.15, -0.1) is 0 Å². The van der Waals surface area contributed by atoms with Crippen molar-refractivity contribution >= 4 is 12.9 Å². The highest BCUT2D eigenvalue weighted by Gasteiger charge is 2.30. The molecule has 13 heavy (non-hydrogen) atoms. The van der Waals surface area contributed by atoms with Crippen LogP contribution in [0.25, 0.3) is 0 Å². The first kappa shape index (κ1) is 10.1. The molecule has 0 aromatic heterocycles. The molecule has 0 heterocycles. The number of alkyl halides is 3.